The summed E-state index contributed by atoms with van der Waals surface area (Å²) >= 11 is 0. The Morgan fingerprint density at radius 1 is 1.25 bits per heavy atom. The second-order valence-corrected chi connectivity index (χ2v) is 4.89. The van der Waals surface area contributed by atoms with E-state index < -0.39 is 0 Å². The molecule has 4 nitrogen and oxygen atoms in total. The molecule has 3 N–H and O–H groups in total. The van der Waals surface area contributed by atoms with E-state index in [1.54, 1.807) is 0 Å². The first-order valence-electron chi connectivity index (χ1n) is 7.03. The molecule has 1 aromatic carbocycles. The third-order valence-electron chi connectivity index (χ3n) is 3.04. The van der Waals surface area contributed by atoms with E-state index in [1.807, 2.05) is 6.07 Å². The molecule has 0 saturated heterocycles. The molecule has 1 aliphatic carbocycles. The average Bonchev–Trinajstić information content (AvgIpc) is 3.23. The molecule has 1 aromatic rings. The number of nitrogens with one attached hydrogen (secondary N) is 1. The predicted molar refractivity (Wildman–Crippen MR) is 93.6 cm³/mol. The van der Waals surface area contributed by atoms with Gasteiger partial charge in [-0.15, -0.1) is 24.0 Å². The van der Waals surface area contributed by atoms with Crippen LogP contribution in [0.25, 0.3) is 0 Å². The molecule has 0 amide bonds. The summed E-state index contributed by atoms with van der Waals surface area (Å²) in [4.78, 5) is 4.26. The highest BCUT2D eigenvalue weighted by Gasteiger charge is 2.21. The minimum absolute atomic E-state index is 0. The SMILES string of the molecule is I.NC(=NCCCOCCc1ccccc1)NC1CC1. The van der Waals surface area contributed by atoms with Crippen LogP contribution in [0.3, 0.4) is 0 Å². The molecular weight excluding hydrogens is 365 g/mol. The summed E-state index contributed by atoms with van der Waals surface area (Å²) in [6, 6.07) is 11.0. The zero-order valence-corrected chi connectivity index (χ0v) is 14.1. The van der Waals surface area contributed by atoms with Gasteiger partial charge >= 0.3 is 0 Å². The van der Waals surface area contributed by atoms with E-state index in [2.05, 4.69) is 34.6 Å². The van der Waals surface area contributed by atoms with Gasteiger partial charge in [-0.25, -0.2) is 0 Å². The van der Waals surface area contributed by atoms with Crippen LogP contribution in [0.15, 0.2) is 35.3 Å². The molecule has 0 spiro atoms. The van der Waals surface area contributed by atoms with Gasteiger partial charge in [0.2, 0.25) is 0 Å². The van der Waals surface area contributed by atoms with Crippen LogP contribution in [-0.2, 0) is 11.2 Å². The summed E-state index contributed by atoms with van der Waals surface area (Å²) in [5.41, 5.74) is 7.05. The fourth-order valence-corrected chi connectivity index (χ4v) is 1.79. The van der Waals surface area contributed by atoms with E-state index in [4.69, 9.17) is 10.5 Å². The van der Waals surface area contributed by atoms with E-state index in [0.717, 1.165) is 32.6 Å². The van der Waals surface area contributed by atoms with Gasteiger partial charge in [-0.05, 0) is 31.2 Å². The molecule has 0 atom stereocenters. The molecule has 112 valence electrons. The molecule has 5 heteroatoms. The predicted octanol–water partition coefficient (Wildman–Crippen LogP) is 2.32. The molecule has 1 saturated carbocycles. The molecule has 2 rings (SSSR count). The van der Waals surface area contributed by atoms with E-state index in [0.29, 0.717) is 12.0 Å². The van der Waals surface area contributed by atoms with Crippen LogP contribution in [0.4, 0.5) is 0 Å². The smallest absolute Gasteiger partial charge is 0.188 e. The Morgan fingerprint density at radius 2 is 2.00 bits per heavy atom. The summed E-state index contributed by atoms with van der Waals surface area (Å²) in [5.74, 6) is 0.576. The molecule has 20 heavy (non-hydrogen) atoms. The molecule has 0 radical (unpaired) electrons. The van der Waals surface area contributed by atoms with E-state index in [9.17, 15) is 0 Å². The Hall–Kier alpha value is -0.820. The lowest BCUT2D eigenvalue weighted by Crippen LogP contribution is -2.33. The summed E-state index contributed by atoms with van der Waals surface area (Å²) in [6.45, 7) is 2.24. The van der Waals surface area contributed by atoms with Crippen molar-refractivity contribution in [3.05, 3.63) is 35.9 Å². The van der Waals surface area contributed by atoms with Crippen molar-refractivity contribution in [1.82, 2.24) is 5.32 Å². The van der Waals surface area contributed by atoms with Crippen LogP contribution >= 0.6 is 24.0 Å². The van der Waals surface area contributed by atoms with Crippen molar-refractivity contribution in [2.75, 3.05) is 19.8 Å². The van der Waals surface area contributed by atoms with Crippen LogP contribution in [0.1, 0.15) is 24.8 Å². The maximum absolute atomic E-state index is 5.73. The standard InChI is InChI=1S/C15H23N3O.HI/c16-15(18-14-7-8-14)17-10-4-11-19-12-9-13-5-2-1-3-6-13;/h1-3,5-6,14H,4,7-12H2,(H3,16,17,18);1H. The quantitative estimate of drug-likeness (QED) is 0.311. The van der Waals surface area contributed by atoms with Crippen LogP contribution in [0, 0.1) is 0 Å². The van der Waals surface area contributed by atoms with Crippen molar-refractivity contribution in [3.63, 3.8) is 0 Å². The van der Waals surface area contributed by atoms with Gasteiger partial charge in [0.05, 0.1) is 6.61 Å². The minimum Gasteiger partial charge on any atom is -0.381 e. The molecule has 1 aliphatic rings. The highest BCUT2D eigenvalue weighted by atomic mass is 127. The summed E-state index contributed by atoms with van der Waals surface area (Å²) in [7, 11) is 0. The number of hydrogen-bond donors (Lipinski definition) is 2. The number of rotatable bonds is 8. The van der Waals surface area contributed by atoms with Gasteiger partial charge in [0.1, 0.15) is 0 Å². The lowest BCUT2D eigenvalue weighted by Gasteiger charge is -2.04. The molecule has 0 unspecified atom stereocenters. The second kappa shape index (κ2) is 9.99. The molecular formula is C15H24IN3O. The number of halogens is 1. The van der Waals surface area contributed by atoms with E-state index in [1.165, 1.54) is 18.4 Å². The lowest BCUT2D eigenvalue weighted by molar-refractivity contribution is 0.136. The first kappa shape index (κ1) is 17.2. The van der Waals surface area contributed by atoms with Crippen molar-refractivity contribution in [2.45, 2.75) is 31.7 Å². The van der Waals surface area contributed by atoms with Crippen molar-refractivity contribution < 1.29 is 4.74 Å². The van der Waals surface area contributed by atoms with Crippen LogP contribution in [0.2, 0.25) is 0 Å². The van der Waals surface area contributed by atoms with Crippen molar-refractivity contribution in [1.29, 1.82) is 0 Å². The Bertz CT molecular complexity index is 393. The fraction of sp³-hybridized carbons (Fsp3) is 0.533. The van der Waals surface area contributed by atoms with E-state index >= 15 is 0 Å². The molecule has 0 bridgehead atoms. The first-order chi connectivity index (χ1) is 9.34. The maximum Gasteiger partial charge on any atom is 0.188 e. The molecule has 0 aliphatic heterocycles. The number of ether oxygens (including phenoxy) is 1. The largest absolute Gasteiger partial charge is 0.381 e. The molecule has 0 heterocycles. The Labute approximate surface area is 138 Å². The number of nitrogens with two attached hydrogens (primary N) is 1. The van der Waals surface area contributed by atoms with Crippen molar-refractivity contribution in [3.8, 4) is 0 Å². The minimum atomic E-state index is 0. The van der Waals surface area contributed by atoms with Crippen LogP contribution in [-0.4, -0.2) is 31.8 Å². The normalized spacial score (nSPS) is 14.7. The van der Waals surface area contributed by atoms with Gasteiger partial charge < -0.3 is 15.8 Å². The first-order valence-corrected chi connectivity index (χ1v) is 7.03. The fourth-order valence-electron chi connectivity index (χ4n) is 1.79. The van der Waals surface area contributed by atoms with Gasteiger partial charge in [-0.2, -0.15) is 0 Å². The topological polar surface area (TPSA) is 59.6 Å². The Kier molecular flexibility index (Phi) is 8.60. The summed E-state index contributed by atoms with van der Waals surface area (Å²) in [6.07, 6.45) is 4.33. The Balaban J connectivity index is 0.00000200. The van der Waals surface area contributed by atoms with Gasteiger partial charge in [-0.3, -0.25) is 4.99 Å². The summed E-state index contributed by atoms with van der Waals surface area (Å²) in [5, 5.41) is 3.16. The van der Waals surface area contributed by atoms with Gasteiger partial charge in [0.25, 0.3) is 0 Å². The van der Waals surface area contributed by atoms with Crippen LogP contribution < -0.4 is 11.1 Å². The van der Waals surface area contributed by atoms with Gasteiger partial charge in [0.15, 0.2) is 5.96 Å². The van der Waals surface area contributed by atoms with Crippen LogP contribution in [0.5, 0.6) is 0 Å². The third kappa shape index (κ3) is 7.69. The monoisotopic (exact) mass is 389 g/mol. The molecule has 1 fully saturated rings. The van der Waals surface area contributed by atoms with Crippen molar-refractivity contribution >= 4 is 29.9 Å². The number of benzene rings is 1. The average molecular weight is 389 g/mol. The van der Waals surface area contributed by atoms with Gasteiger partial charge in [0, 0.05) is 19.2 Å². The number of nitrogens with zero attached hydrogens (tertiary/aromatic N) is 1. The molecule has 0 aromatic heterocycles. The number of aliphatic imine (C=N–C) groups is 1. The summed E-state index contributed by atoms with van der Waals surface area (Å²) < 4.78 is 5.58. The third-order valence-corrected chi connectivity index (χ3v) is 3.04. The zero-order valence-electron chi connectivity index (χ0n) is 11.8. The number of hydrogen-bond acceptors (Lipinski definition) is 2. The highest BCUT2D eigenvalue weighted by molar-refractivity contribution is 14.0. The van der Waals surface area contributed by atoms with Crippen molar-refractivity contribution in [2.24, 2.45) is 10.7 Å². The lowest BCUT2D eigenvalue weighted by atomic mass is 10.2. The number of guanidine groups is 1. The Morgan fingerprint density at radius 3 is 2.70 bits per heavy atom. The second-order valence-electron chi connectivity index (χ2n) is 4.89. The highest BCUT2D eigenvalue weighted by Crippen LogP contribution is 2.17. The van der Waals surface area contributed by atoms with Gasteiger partial charge in [-0.1, -0.05) is 30.3 Å². The maximum atomic E-state index is 5.73. The van der Waals surface area contributed by atoms with E-state index in [-0.39, 0.29) is 24.0 Å². The zero-order chi connectivity index (χ0) is 13.3.